The summed E-state index contributed by atoms with van der Waals surface area (Å²) >= 11 is 0. The molecule has 2 aromatic heterocycles. The molecule has 1 spiro atoms. The minimum Gasteiger partial charge on any atom is -0.492 e. The van der Waals surface area contributed by atoms with Gasteiger partial charge in [-0.2, -0.15) is 4.98 Å². The maximum absolute atomic E-state index is 5.91. The quantitative estimate of drug-likeness (QED) is 0.711. The summed E-state index contributed by atoms with van der Waals surface area (Å²) in [4.78, 5) is 6.45. The van der Waals surface area contributed by atoms with Crippen LogP contribution in [0.1, 0.15) is 17.9 Å². The Bertz CT molecular complexity index is 923. The number of anilines is 1. The van der Waals surface area contributed by atoms with Crippen LogP contribution < -0.4 is 9.64 Å². The summed E-state index contributed by atoms with van der Waals surface area (Å²) < 4.78 is 10.9. The van der Waals surface area contributed by atoms with E-state index in [9.17, 15) is 0 Å². The third-order valence-corrected chi connectivity index (χ3v) is 5.05. The van der Waals surface area contributed by atoms with E-state index in [2.05, 4.69) is 37.4 Å². The fourth-order valence-electron chi connectivity index (χ4n) is 3.75. The standard InChI is InChI=1S/C18H17N5O2/c1-12-19-17(22-25-12)14-6-7-16(21-20-14)23-9-8-18(10-23)11-24-15-5-3-2-4-13(15)18/h2-7H,8-11H2,1H3. The van der Waals surface area contributed by atoms with Crippen molar-refractivity contribution in [2.24, 2.45) is 0 Å². The first-order valence-electron chi connectivity index (χ1n) is 8.35. The van der Waals surface area contributed by atoms with Crippen molar-refractivity contribution in [3.05, 3.63) is 47.9 Å². The highest BCUT2D eigenvalue weighted by molar-refractivity contribution is 5.53. The molecule has 0 saturated carbocycles. The van der Waals surface area contributed by atoms with E-state index in [1.165, 1.54) is 5.56 Å². The Kier molecular flexibility index (Phi) is 3.03. The van der Waals surface area contributed by atoms with Gasteiger partial charge in [-0.3, -0.25) is 0 Å². The molecule has 1 aromatic carbocycles. The van der Waals surface area contributed by atoms with Gasteiger partial charge in [-0.15, -0.1) is 10.2 Å². The molecule has 5 rings (SSSR count). The number of rotatable bonds is 2. The fraction of sp³-hybridized carbons (Fsp3) is 0.333. The first-order chi connectivity index (χ1) is 12.2. The predicted octanol–water partition coefficient (Wildman–Crippen LogP) is 2.38. The van der Waals surface area contributed by atoms with Gasteiger partial charge < -0.3 is 14.2 Å². The highest BCUT2D eigenvalue weighted by Gasteiger charge is 2.46. The maximum atomic E-state index is 5.91. The normalized spacial score (nSPS) is 21.6. The third-order valence-electron chi connectivity index (χ3n) is 5.05. The van der Waals surface area contributed by atoms with Crippen molar-refractivity contribution in [2.45, 2.75) is 18.8 Å². The molecule has 0 aliphatic carbocycles. The topological polar surface area (TPSA) is 77.2 Å². The Balaban J connectivity index is 1.39. The van der Waals surface area contributed by atoms with Crippen LogP contribution in [0.15, 0.2) is 40.9 Å². The SMILES string of the molecule is Cc1nc(-c2ccc(N3CCC4(COc5ccccc54)C3)nn2)no1. The molecule has 1 unspecified atom stereocenters. The zero-order valence-corrected chi connectivity index (χ0v) is 13.8. The highest BCUT2D eigenvalue weighted by Crippen LogP contribution is 2.45. The van der Waals surface area contributed by atoms with Gasteiger partial charge in [0.1, 0.15) is 11.4 Å². The van der Waals surface area contributed by atoms with Crippen molar-refractivity contribution in [3.63, 3.8) is 0 Å². The Hall–Kier alpha value is -2.96. The molecule has 7 heteroatoms. The zero-order valence-electron chi connectivity index (χ0n) is 13.8. The second kappa shape index (κ2) is 5.27. The minimum absolute atomic E-state index is 0.0573. The lowest BCUT2D eigenvalue weighted by molar-refractivity contribution is 0.279. The molecule has 2 aliphatic rings. The van der Waals surface area contributed by atoms with Gasteiger partial charge in [0.2, 0.25) is 11.7 Å². The van der Waals surface area contributed by atoms with Crippen molar-refractivity contribution in [1.29, 1.82) is 0 Å². The molecule has 3 aromatic rings. The van der Waals surface area contributed by atoms with Gasteiger partial charge in [0, 0.05) is 25.6 Å². The van der Waals surface area contributed by atoms with Crippen molar-refractivity contribution >= 4 is 5.82 Å². The van der Waals surface area contributed by atoms with Crippen molar-refractivity contribution in [1.82, 2.24) is 20.3 Å². The van der Waals surface area contributed by atoms with Crippen LogP contribution in [-0.2, 0) is 5.41 Å². The first kappa shape index (κ1) is 14.4. The molecule has 2 aliphatic heterocycles. The van der Waals surface area contributed by atoms with Gasteiger partial charge in [-0.1, -0.05) is 23.4 Å². The largest absolute Gasteiger partial charge is 0.492 e. The molecule has 0 bridgehead atoms. The third kappa shape index (κ3) is 2.26. The summed E-state index contributed by atoms with van der Waals surface area (Å²) in [6, 6.07) is 12.2. The van der Waals surface area contributed by atoms with E-state index < -0.39 is 0 Å². The summed E-state index contributed by atoms with van der Waals surface area (Å²) in [5.41, 5.74) is 1.98. The molecule has 1 atom stereocenters. The van der Waals surface area contributed by atoms with E-state index in [-0.39, 0.29) is 5.41 Å². The number of nitrogens with zero attached hydrogens (tertiary/aromatic N) is 5. The molecule has 25 heavy (non-hydrogen) atoms. The van der Waals surface area contributed by atoms with Crippen LogP contribution in [-0.4, -0.2) is 40.0 Å². The first-order valence-corrected chi connectivity index (χ1v) is 8.35. The van der Waals surface area contributed by atoms with E-state index in [4.69, 9.17) is 9.26 Å². The van der Waals surface area contributed by atoms with E-state index in [1.807, 2.05) is 24.3 Å². The van der Waals surface area contributed by atoms with E-state index in [0.29, 0.717) is 17.4 Å². The molecule has 1 fully saturated rings. The number of benzene rings is 1. The lowest BCUT2D eigenvalue weighted by atomic mass is 9.82. The fourth-order valence-corrected chi connectivity index (χ4v) is 3.75. The van der Waals surface area contributed by atoms with Crippen molar-refractivity contribution in [2.75, 3.05) is 24.6 Å². The summed E-state index contributed by atoms with van der Waals surface area (Å²) in [6.07, 6.45) is 1.05. The number of hydrogen-bond donors (Lipinski definition) is 0. The molecule has 0 radical (unpaired) electrons. The molecular weight excluding hydrogens is 318 g/mol. The molecule has 1 saturated heterocycles. The second-order valence-electron chi connectivity index (χ2n) is 6.65. The smallest absolute Gasteiger partial charge is 0.223 e. The average Bonchev–Trinajstić information content (AvgIpc) is 3.36. The summed E-state index contributed by atoms with van der Waals surface area (Å²) in [5, 5.41) is 12.5. The van der Waals surface area contributed by atoms with Crippen LogP contribution in [0.25, 0.3) is 11.5 Å². The van der Waals surface area contributed by atoms with E-state index >= 15 is 0 Å². The summed E-state index contributed by atoms with van der Waals surface area (Å²) in [5.74, 6) is 2.86. The van der Waals surface area contributed by atoms with Crippen molar-refractivity contribution < 1.29 is 9.26 Å². The summed E-state index contributed by atoms with van der Waals surface area (Å²) in [7, 11) is 0. The van der Waals surface area contributed by atoms with Gasteiger partial charge in [-0.25, -0.2) is 0 Å². The number of fused-ring (bicyclic) bond motifs is 2. The number of aryl methyl sites for hydroxylation is 1. The Labute approximate surface area is 144 Å². The highest BCUT2D eigenvalue weighted by atomic mass is 16.5. The minimum atomic E-state index is 0.0573. The number of aromatic nitrogens is 4. The Morgan fingerprint density at radius 2 is 2.04 bits per heavy atom. The lowest BCUT2D eigenvalue weighted by Gasteiger charge is -2.23. The molecule has 126 valence electrons. The van der Waals surface area contributed by atoms with Crippen LogP contribution in [0, 0.1) is 6.92 Å². The molecule has 4 heterocycles. The molecule has 0 amide bonds. The number of ether oxygens (including phenoxy) is 1. The molecule has 7 nitrogen and oxygen atoms in total. The van der Waals surface area contributed by atoms with Gasteiger partial charge in [-0.05, 0) is 24.6 Å². The van der Waals surface area contributed by atoms with Crippen LogP contribution >= 0.6 is 0 Å². The van der Waals surface area contributed by atoms with Crippen molar-refractivity contribution in [3.8, 4) is 17.3 Å². The van der Waals surface area contributed by atoms with Crippen LogP contribution in [0.4, 0.5) is 5.82 Å². The predicted molar refractivity (Wildman–Crippen MR) is 90.5 cm³/mol. The van der Waals surface area contributed by atoms with Gasteiger partial charge >= 0.3 is 0 Å². The Morgan fingerprint density at radius 1 is 1.12 bits per heavy atom. The summed E-state index contributed by atoms with van der Waals surface area (Å²) in [6.45, 7) is 4.31. The zero-order chi connectivity index (χ0) is 16.9. The van der Waals surface area contributed by atoms with E-state index in [0.717, 1.165) is 37.7 Å². The number of hydrogen-bond acceptors (Lipinski definition) is 7. The van der Waals surface area contributed by atoms with Crippen LogP contribution in [0.2, 0.25) is 0 Å². The van der Waals surface area contributed by atoms with Gasteiger partial charge in [0.25, 0.3) is 0 Å². The molecular formula is C18H17N5O2. The van der Waals surface area contributed by atoms with Crippen LogP contribution in [0.3, 0.4) is 0 Å². The average molecular weight is 335 g/mol. The molecule has 0 N–H and O–H groups in total. The monoisotopic (exact) mass is 335 g/mol. The lowest BCUT2D eigenvalue weighted by Crippen LogP contribution is -2.32. The van der Waals surface area contributed by atoms with Crippen LogP contribution in [0.5, 0.6) is 5.75 Å². The Morgan fingerprint density at radius 3 is 2.84 bits per heavy atom. The van der Waals surface area contributed by atoms with E-state index in [1.54, 1.807) is 6.92 Å². The second-order valence-corrected chi connectivity index (χ2v) is 6.65. The number of para-hydroxylation sites is 1. The van der Waals surface area contributed by atoms with Gasteiger partial charge in [0.15, 0.2) is 5.82 Å². The van der Waals surface area contributed by atoms with Gasteiger partial charge in [0.05, 0.1) is 12.0 Å². The maximum Gasteiger partial charge on any atom is 0.223 e.